The van der Waals surface area contributed by atoms with Crippen molar-refractivity contribution in [1.82, 2.24) is 5.32 Å². The zero-order valence-corrected chi connectivity index (χ0v) is 14.5. The second kappa shape index (κ2) is 6.78. The van der Waals surface area contributed by atoms with Gasteiger partial charge in [-0.15, -0.1) is 0 Å². The van der Waals surface area contributed by atoms with Gasteiger partial charge in [-0.05, 0) is 45.3 Å². The molecule has 2 rings (SSSR count). The molecule has 0 saturated carbocycles. The van der Waals surface area contributed by atoms with E-state index in [0.29, 0.717) is 13.0 Å². The Labute approximate surface area is 139 Å². The summed E-state index contributed by atoms with van der Waals surface area (Å²) in [6, 6.07) is 7.90. The molecular formula is C18H24BNO3. The van der Waals surface area contributed by atoms with Gasteiger partial charge in [-0.1, -0.05) is 24.0 Å². The van der Waals surface area contributed by atoms with Gasteiger partial charge in [0.2, 0.25) is 5.91 Å². The van der Waals surface area contributed by atoms with Crippen molar-refractivity contribution in [2.24, 2.45) is 0 Å². The summed E-state index contributed by atoms with van der Waals surface area (Å²) < 4.78 is 12.1. The Morgan fingerprint density at radius 3 is 2.48 bits per heavy atom. The number of nitrogens with one attached hydrogen (secondary N) is 1. The van der Waals surface area contributed by atoms with Gasteiger partial charge in [-0.2, -0.15) is 0 Å². The van der Waals surface area contributed by atoms with Gasteiger partial charge in [0.1, 0.15) is 0 Å². The zero-order valence-electron chi connectivity index (χ0n) is 14.5. The minimum absolute atomic E-state index is 0.0328. The normalized spacial score (nSPS) is 18.2. The summed E-state index contributed by atoms with van der Waals surface area (Å²) in [4.78, 5) is 10.8. The van der Waals surface area contributed by atoms with Crippen LogP contribution in [0.15, 0.2) is 24.3 Å². The Kier molecular flexibility index (Phi) is 5.18. The lowest BCUT2D eigenvalue weighted by atomic mass is 9.78. The molecule has 0 bridgehead atoms. The average Bonchev–Trinajstić information content (AvgIpc) is 2.67. The van der Waals surface area contributed by atoms with Crippen LogP contribution in [0.2, 0.25) is 0 Å². The summed E-state index contributed by atoms with van der Waals surface area (Å²) in [5.41, 5.74) is 1.19. The molecule has 1 N–H and O–H groups in total. The maximum Gasteiger partial charge on any atom is 0.494 e. The molecular weight excluding hydrogens is 289 g/mol. The summed E-state index contributed by atoms with van der Waals surface area (Å²) in [6.07, 6.45) is 0.625. The highest BCUT2D eigenvalue weighted by molar-refractivity contribution is 6.62. The molecule has 0 unspecified atom stereocenters. The summed E-state index contributed by atoms with van der Waals surface area (Å²) in [6.45, 7) is 10.2. The van der Waals surface area contributed by atoms with Gasteiger partial charge >= 0.3 is 7.12 Å². The fourth-order valence-electron chi connectivity index (χ4n) is 2.21. The van der Waals surface area contributed by atoms with Crippen molar-refractivity contribution in [3.63, 3.8) is 0 Å². The smallest absolute Gasteiger partial charge is 0.399 e. The Morgan fingerprint density at radius 2 is 1.87 bits per heavy atom. The number of rotatable bonds is 3. The van der Waals surface area contributed by atoms with Crippen LogP contribution in [0.3, 0.4) is 0 Å². The number of benzene rings is 1. The maximum absolute atomic E-state index is 10.8. The largest absolute Gasteiger partial charge is 0.494 e. The third-order valence-electron chi connectivity index (χ3n) is 4.27. The third-order valence-corrected chi connectivity index (χ3v) is 4.27. The molecule has 23 heavy (non-hydrogen) atoms. The quantitative estimate of drug-likeness (QED) is 0.526. The van der Waals surface area contributed by atoms with Gasteiger partial charge in [-0.3, -0.25) is 4.79 Å². The fraction of sp³-hybridized carbons (Fsp3) is 0.500. The van der Waals surface area contributed by atoms with E-state index in [1.165, 1.54) is 6.92 Å². The van der Waals surface area contributed by atoms with Gasteiger partial charge in [0, 0.05) is 25.5 Å². The Morgan fingerprint density at radius 1 is 1.22 bits per heavy atom. The van der Waals surface area contributed by atoms with Crippen LogP contribution in [-0.4, -0.2) is 30.8 Å². The summed E-state index contributed by atoms with van der Waals surface area (Å²) >= 11 is 0. The van der Waals surface area contributed by atoms with Gasteiger partial charge in [0.25, 0.3) is 0 Å². The predicted octanol–water partition coefficient (Wildman–Crippen LogP) is 1.86. The molecule has 4 nitrogen and oxygen atoms in total. The van der Waals surface area contributed by atoms with Crippen molar-refractivity contribution in [1.29, 1.82) is 0 Å². The average molecular weight is 313 g/mol. The summed E-state index contributed by atoms with van der Waals surface area (Å²) in [5.74, 6) is 6.14. The van der Waals surface area contributed by atoms with E-state index in [2.05, 4.69) is 17.2 Å². The highest BCUT2D eigenvalue weighted by Gasteiger charge is 2.51. The molecule has 0 aromatic heterocycles. The monoisotopic (exact) mass is 313 g/mol. The van der Waals surface area contributed by atoms with Crippen LogP contribution >= 0.6 is 0 Å². The lowest BCUT2D eigenvalue weighted by molar-refractivity contribution is -0.118. The van der Waals surface area contributed by atoms with Crippen molar-refractivity contribution < 1.29 is 14.1 Å². The van der Waals surface area contributed by atoms with E-state index in [1.807, 2.05) is 52.0 Å². The SMILES string of the molecule is CC(=O)NCCC#Cc1cccc(B2OC(C)(C)C(C)(C)O2)c1. The van der Waals surface area contributed by atoms with Crippen molar-refractivity contribution >= 4 is 18.5 Å². The molecule has 1 amide bonds. The first-order valence-electron chi connectivity index (χ1n) is 7.90. The molecule has 1 aliphatic rings. The fourth-order valence-corrected chi connectivity index (χ4v) is 2.21. The molecule has 0 radical (unpaired) electrons. The summed E-state index contributed by atoms with van der Waals surface area (Å²) in [7, 11) is -0.374. The second-order valence-electron chi connectivity index (χ2n) is 6.75. The van der Waals surface area contributed by atoms with Crippen LogP contribution < -0.4 is 10.8 Å². The molecule has 5 heteroatoms. The molecule has 1 fully saturated rings. The zero-order chi connectivity index (χ0) is 17.1. The van der Waals surface area contributed by atoms with Gasteiger partial charge < -0.3 is 14.6 Å². The lowest BCUT2D eigenvalue weighted by Crippen LogP contribution is -2.41. The van der Waals surface area contributed by atoms with E-state index in [0.717, 1.165) is 11.0 Å². The number of amides is 1. The molecule has 122 valence electrons. The van der Waals surface area contributed by atoms with E-state index < -0.39 is 0 Å². The maximum atomic E-state index is 10.8. The Balaban J connectivity index is 2.04. The molecule has 1 saturated heterocycles. The van der Waals surface area contributed by atoms with Crippen LogP contribution in [0.25, 0.3) is 0 Å². The molecule has 1 aromatic carbocycles. The number of hydrogen-bond acceptors (Lipinski definition) is 3. The van der Waals surface area contributed by atoms with Crippen LogP contribution in [0.1, 0.15) is 46.6 Å². The first-order valence-corrected chi connectivity index (χ1v) is 7.90. The van der Waals surface area contributed by atoms with Crippen LogP contribution in [-0.2, 0) is 14.1 Å². The van der Waals surface area contributed by atoms with E-state index in [4.69, 9.17) is 9.31 Å². The molecule has 0 atom stereocenters. The highest BCUT2D eigenvalue weighted by Crippen LogP contribution is 2.36. The standard InChI is InChI=1S/C18H24BNO3/c1-14(21)20-12-7-6-9-15-10-8-11-16(13-15)19-22-17(2,3)18(4,5)23-19/h8,10-11,13H,7,12H2,1-5H3,(H,20,21). The predicted molar refractivity (Wildman–Crippen MR) is 92.3 cm³/mol. The topological polar surface area (TPSA) is 47.6 Å². The minimum atomic E-state index is -0.374. The van der Waals surface area contributed by atoms with E-state index in [-0.39, 0.29) is 24.2 Å². The van der Waals surface area contributed by atoms with Gasteiger partial charge in [-0.25, -0.2) is 0 Å². The number of carbonyl (C=O) groups is 1. The molecule has 1 aliphatic heterocycles. The lowest BCUT2D eigenvalue weighted by Gasteiger charge is -2.32. The van der Waals surface area contributed by atoms with E-state index >= 15 is 0 Å². The third kappa shape index (κ3) is 4.37. The first-order chi connectivity index (χ1) is 10.7. The van der Waals surface area contributed by atoms with Crippen molar-refractivity contribution in [2.75, 3.05) is 6.54 Å². The van der Waals surface area contributed by atoms with Crippen LogP contribution in [0.4, 0.5) is 0 Å². The van der Waals surface area contributed by atoms with Crippen LogP contribution in [0, 0.1) is 11.8 Å². The number of hydrogen-bond donors (Lipinski definition) is 1. The minimum Gasteiger partial charge on any atom is -0.399 e. The summed E-state index contributed by atoms with van der Waals surface area (Å²) in [5, 5.41) is 2.72. The highest BCUT2D eigenvalue weighted by atomic mass is 16.7. The Hall–Kier alpha value is -1.77. The van der Waals surface area contributed by atoms with Crippen molar-refractivity contribution in [3.8, 4) is 11.8 Å². The Bertz CT molecular complexity index is 627. The van der Waals surface area contributed by atoms with Crippen molar-refractivity contribution in [3.05, 3.63) is 29.8 Å². The van der Waals surface area contributed by atoms with Gasteiger partial charge in [0.05, 0.1) is 11.2 Å². The van der Waals surface area contributed by atoms with Gasteiger partial charge in [0.15, 0.2) is 0 Å². The first kappa shape index (κ1) is 17.6. The van der Waals surface area contributed by atoms with Crippen molar-refractivity contribution in [2.45, 2.75) is 52.2 Å². The molecule has 1 aromatic rings. The number of carbonyl (C=O) groups excluding carboxylic acids is 1. The molecule has 1 heterocycles. The van der Waals surface area contributed by atoms with E-state index in [9.17, 15) is 4.79 Å². The second-order valence-corrected chi connectivity index (χ2v) is 6.75. The van der Waals surface area contributed by atoms with E-state index in [1.54, 1.807) is 0 Å². The molecule has 0 aliphatic carbocycles. The molecule has 0 spiro atoms. The van der Waals surface area contributed by atoms with Crippen LogP contribution in [0.5, 0.6) is 0 Å².